The summed E-state index contributed by atoms with van der Waals surface area (Å²) in [5.74, 6) is 0.746. The van der Waals surface area contributed by atoms with Crippen LogP contribution in [0, 0.1) is 6.92 Å². The van der Waals surface area contributed by atoms with E-state index in [1.165, 1.54) is 0 Å². The van der Waals surface area contributed by atoms with Gasteiger partial charge in [0.1, 0.15) is 12.4 Å². The Bertz CT molecular complexity index is 493. The van der Waals surface area contributed by atoms with Crippen molar-refractivity contribution >= 4 is 0 Å². The molecule has 0 saturated heterocycles. The van der Waals surface area contributed by atoms with E-state index >= 15 is 0 Å². The highest BCUT2D eigenvalue weighted by atomic mass is 16.5. The molecule has 0 saturated carbocycles. The lowest BCUT2D eigenvalue weighted by Gasteiger charge is -2.14. The Hall–Kier alpha value is -1.81. The molecule has 4 nitrogen and oxygen atoms in total. The van der Waals surface area contributed by atoms with Crippen LogP contribution in [-0.4, -0.2) is 21.3 Å². The van der Waals surface area contributed by atoms with Crippen LogP contribution in [0.25, 0.3) is 0 Å². The number of nitrogens with zero attached hydrogens (tertiary/aromatic N) is 2. The molecular formula is C14H18N2O2. The number of hydrogen-bond donors (Lipinski definition) is 1. The van der Waals surface area contributed by atoms with Crippen LogP contribution in [0.15, 0.2) is 36.9 Å². The molecule has 0 aliphatic heterocycles. The first kappa shape index (κ1) is 12.6. The van der Waals surface area contributed by atoms with Gasteiger partial charge in [-0.15, -0.1) is 0 Å². The second-order valence-electron chi connectivity index (χ2n) is 4.37. The van der Waals surface area contributed by atoms with Gasteiger partial charge in [0.05, 0.1) is 19.0 Å². The van der Waals surface area contributed by atoms with Gasteiger partial charge in [0.15, 0.2) is 0 Å². The van der Waals surface area contributed by atoms with E-state index in [9.17, 15) is 5.11 Å². The molecule has 0 bridgehead atoms. The summed E-state index contributed by atoms with van der Waals surface area (Å²) in [5.41, 5.74) is 1.95. The van der Waals surface area contributed by atoms with Gasteiger partial charge in [-0.3, -0.25) is 0 Å². The van der Waals surface area contributed by atoms with Crippen molar-refractivity contribution < 1.29 is 9.84 Å². The molecule has 0 spiro atoms. The van der Waals surface area contributed by atoms with Crippen molar-refractivity contribution in [3.05, 3.63) is 48.0 Å². The fourth-order valence-corrected chi connectivity index (χ4v) is 1.81. The Morgan fingerprint density at radius 3 is 2.94 bits per heavy atom. The maximum absolute atomic E-state index is 9.72. The van der Waals surface area contributed by atoms with Crippen molar-refractivity contribution in [2.45, 2.75) is 26.5 Å². The van der Waals surface area contributed by atoms with Crippen molar-refractivity contribution in [1.29, 1.82) is 0 Å². The Balaban J connectivity index is 2.00. The minimum atomic E-state index is -0.520. The first-order valence-corrected chi connectivity index (χ1v) is 6.04. The summed E-state index contributed by atoms with van der Waals surface area (Å²) in [4.78, 5) is 3.97. The molecular weight excluding hydrogens is 228 g/mol. The average Bonchev–Trinajstić information content (AvgIpc) is 2.84. The molecule has 0 fully saturated rings. The third-order valence-electron chi connectivity index (χ3n) is 2.78. The van der Waals surface area contributed by atoms with Crippen molar-refractivity contribution in [1.82, 2.24) is 9.55 Å². The van der Waals surface area contributed by atoms with Gasteiger partial charge >= 0.3 is 0 Å². The number of imidazole rings is 1. The lowest BCUT2D eigenvalue weighted by atomic mass is 10.1. The second kappa shape index (κ2) is 5.69. The second-order valence-corrected chi connectivity index (χ2v) is 4.37. The summed E-state index contributed by atoms with van der Waals surface area (Å²) in [6.45, 7) is 5.05. The van der Waals surface area contributed by atoms with Gasteiger partial charge in [0.25, 0.3) is 0 Å². The molecule has 4 heteroatoms. The van der Waals surface area contributed by atoms with E-state index in [0.717, 1.165) is 23.4 Å². The van der Waals surface area contributed by atoms with Crippen molar-refractivity contribution in [3.63, 3.8) is 0 Å². The predicted molar refractivity (Wildman–Crippen MR) is 69.5 cm³/mol. The Morgan fingerprint density at radius 1 is 1.44 bits per heavy atom. The molecule has 0 aliphatic carbocycles. The molecule has 1 aromatic heterocycles. The lowest BCUT2D eigenvalue weighted by Crippen LogP contribution is -2.08. The fraction of sp³-hybridized carbons (Fsp3) is 0.357. The Kier molecular flexibility index (Phi) is 3.99. The molecule has 2 rings (SSSR count). The minimum Gasteiger partial charge on any atom is -0.491 e. The van der Waals surface area contributed by atoms with Crippen LogP contribution in [0.4, 0.5) is 0 Å². The summed E-state index contributed by atoms with van der Waals surface area (Å²) in [5, 5.41) is 9.72. The van der Waals surface area contributed by atoms with E-state index in [4.69, 9.17) is 4.74 Å². The number of ether oxygens (including phenoxy) is 1. The van der Waals surface area contributed by atoms with Gasteiger partial charge in [0.2, 0.25) is 0 Å². The van der Waals surface area contributed by atoms with Crippen LogP contribution in [0.3, 0.4) is 0 Å². The third kappa shape index (κ3) is 3.11. The van der Waals surface area contributed by atoms with Crippen LogP contribution in [0.1, 0.15) is 24.2 Å². The molecule has 18 heavy (non-hydrogen) atoms. The standard InChI is InChI=1S/C14H18N2O2/c1-11-3-4-14(13(9-11)12(2)17)18-8-7-16-6-5-15-10-16/h3-6,9-10,12,17H,7-8H2,1-2H3. The quantitative estimate of drug-likeness (QED) is 0.880. The highest BCUT2D eigenvalue weighted by Crippen LogP contribution is 2.26. The molecule has 0 radical (unpaired) electrons. The topological polar surface area (TPSA) is 47.3 Å². The van der Waals surface area contributed by atoms with Gasteiger partial charge < -0.3 is 14.4 Å². The number of aryl methyl sites for hydroxylation is 1. The van der Waals surface area contributed by atoms with Gasteiger partial charge in [-0.25, -0.2) is 4.98 Å². The zero-order valence-corrected chi connectivity index (χ0v) is 10.7. The number of aliphatic hydroxyl groups is 1. The Labute approximate surface area is 107 Å². The fourth-order valence-electron chi connectivity index (χ4n) is 1.81. The maximum Gasteiger partial charge on any atom is 0.125 e. The predicted octanol–water partition coefficient (Wildman–Crippen LogP) is 2.32. The molecule has 1 aromatic carbocycles. The normalized spacial score (nSPS) is 12.4. The smallest absolute Gasteiger partial charge is 0.125 e. The highest BCUT2D eigenvalue weighted by molar-refractivity contribution is 5.38. The van der Waals surface area contributed by atoms with Crippen LogP contribution < -0.4 is 4.74 Å². The SMILES string of the molecule is Cc1ccc(OCCn2ccnc2)c(C(C)O)c1. The molecule has 96 valence electrons. The van der Waals surface area contributed by atoms with E-state index in [-0.39, 0.29) is 0 Å². The first-order chi connectivity index (χ1) is 8.66. The van der Waals surface area contributed by atoms with Crippen molar-refractivity contribution in [2.24, 2.45) is 0 Å². The van der Waals surface area contributed by atoms with E-state index in [1.54, 1.807) is 19.4 Å². The van der Waals surface area contributed by atoms with Gasteiger partial charge in [-0.1, -0.05) is 11.6 Å². The van der Waals surface area contributed by atoms with Gasteiger partial charge in [0, 0.05) is 18.0 Å². The average molecular weight is 246 g/mol. The number of rotatable bonds is 5. The number of aliphatic hydroxyl groups excluding tert-OH is 1. The molecule has 2 aromatic rings. The van der Waals surface area contributed by atoms with E-state index < -0.39 is 6.10 Å². The summed E-state index contributed by atoms with van der Waals surface area (Å²) in [7, 11) is 0. The third-order valence-corrected chi connectivity index (χ3v) is 2.78. The van der Waals surface area contributed by atoms with E-state index in [2.05, 4.69) is 4.98 Å². The zero-order valence-electron chi connectivity index (χ0n) is 10.7. The largest absolute Gasteiger partial charge is 0.491 e. The van der Waals surface area contributed by atoms with Crippen molar-refractivity contribution in [2.75, 3.05) is 6.61 Å². The number of hydrogen-bond acceptors (Lipinski definition) is 3. The number of benzene rings is 1. The van der Waals surface area contributed by atoms with Crippen LogP contribution in [0.2, 0.25) is 0 Å². The molecule has 1 unspecified atom stereocenters. The summed E-state index contributed by atoms with van der Waals surface area (Å²) in [6, 6.07) is 5.85. The molecule has 1 atom stereocenters. The monoisotopic (exact) mass is 246 g/mol. The van der Waals surface area contributed by atoms with Crippen molar-refractivity contribution in [3.8, 4) is 5.75 Å². The first-order valence-electron chi connectivity index (χ1n) is 6.04. The molecule has 0 amide bonds. The summed E-state index contributed by atoms with van der Waals surface area (Å²) in [6.07, 6.45) is 4.88. The number of aromatic nitrogens is 2. The van der Waals surface area contributed by atoms with Gasteiger partial charge in [-0.2, -0.15) is 0 Å². The molecule has 1 heterocycles. The minimum absolute atomic E-state index is 0.520. The highest BCUT2D eigenvalue weighted by Gasteiger charge is 2.09. The molecule has 0 aliphatic rings. The van der Waals surface area contributed by atoms with E-state index in [0.29, 0.717) is 6.61 Å². The summed E-state index contributed by atoms with van der Waals surface area (Å²) >= 11 is 0. The zero-order chi connectivity index (χ0) is 13.0. The maximum atomic E-state index is 9.72. The summed E-state index contributed by atoms with van der Waals surface area (Å²) < 4.78 is 7.67. The lowest BCUT2D eigenvalue weighted by molar-refractivity contribution is 0.190. The Morgan fingerprint density at radius 2 is 2.28 bits per heavy atom. The molecule has 1 N–H and O–H groups in total. The van der Waals surface area contributed by atoms with Crippen LogP contribution in [-0.2, 0) is 6.54 Å². The van der Waals surface area contributed by atoms with Gasteiger partial charge in [-0.05, 0) is 26.0 Å². The van der Waals surface area contributed by atoms with Crippen LogP contribution in [0.5, 0.6) is 5.75 Å². The van der Waals surface area contributed by atoms with E-state index in [1.807, 2.05) is 35.9 Å². The van der Waals surface area contributed by atoms with Crippen LogP contribution >= 0.6 is 0 Å².